The van der Waals surface area contributed by atoms with Crippen molar-refractivity contribution in [3.05, 3.63) is 0 Å². The molecule has 15 heavy (non-hydrogen) atoms. The van der Waals surface area contributed by atoms with Gasteiger partial charge in [-0.25, -0.2) is 0 Å². The van der Waals surface area contributed by atoms with Gasteiger partial charge in [-0.2, -0.15) is 0 Å². The smallest absolute Gasteiger partial charge is 0.0300 e. The summed E-state index contributed by atoms with van der Waals surface area (Å²) in [5, 5.41) is 0. The van der Waals surface area contributed by atoms with Crippen LogP contribution >= 0.6 is 0 Å². The van der Waals surface area contributed by atoms with Gasteiger partial charge in [0.1, 0.15) is 0 Å². The Morgan fingerprint density at radius 3 is 2.13 bits per heavy atom. The van der Waals surface area contributed by atoms with Crippen LogP contribution in [0.4, 0.5) is 0 Å². The summed E-state index contributed by atoms with van der Waals surface area (Å²) in [7, 11) is 0. The van der Waals surface area contributed by atoms with Gasteiger partial charge in [-0.15, -0.1) is 0 Å². The normalized spacial score (nSPS) is 32.2. The minimum Gasteiger partial charge on any atom is -0.0654 e. The SMILES string of the molecule is CCCCC1(CC)CCC(C(C)C)CC1. The van der Waals surface area contributed by atoms with Crippen LogP contribution in [-0.2, 0) is 0 Å². The summed E-state index contributed by atoms with van der Waals surface area (Å²) in [4.78, 5) is 0. The summed E-state index contributed by atoms with van der Waals surface area (Å²) in [5.74, 6) is 1.93. The molecule has 0 heteroatoms. The van der Waals surface area contributed by atoms with Crippen molar-refractivity contribution in [3.63, 3.8) is 0 Å². The number of hydrogen-bond acceptors (Lipinski definition) is 0. The van der Waals surface area contributed by atoms with Gasteiger partial charge in [0.05, 0.1) is 0 Å². The summed E-state index contributed by atoms with van der Waals surface area (Å²) in [6.45, 7) is 9.53. The van der Waals surface area contributed by atoms with E-state index in [4.69, 9.17) is 0 Å². The van der Waals surface area contributed by atoms with Crippen LogP contribution in [0, 0.1) is 17.3 Å². The fourth-order valence-electron chi connectivity index (χ4n) is 3.25. The van der Waals surface area contributed by atoms with E-state index in [-0.39, 0.29) is 0 Å². The molecule has 0 aromatic carbocycles. The standard InChI is InChI=1S/C15H30/c1-5-7-10-15(6-2)11-8-14(9-12-15)13(3)4/h13-14H,5-12H2,1-4H3. The van der Waals surface area contributed by atoms with E-state index in [1.807, 2.05) is 0 Å². The first kappa shape index (κ1) is 13.1. The molecule has 0 unspecified atom stereocenters. The Bertz CT molecular complexity index is 161. The maximum absolute atomic E-state index is 2.41. The Kier molecular flexibility index (Phi) is 5.15. The zero-order chi connectivity index (χ0) is 11.3. The van der Waals surface area contributed by atoms with E-state index in [1.165, 1.54) is 51.4 Å². The Balaban J connectivity index is 2.43. The third-order valence-electron chi connectivity index (χ3n) is 4.84. The topological polar surface area (TPSA) is 0 Å². The molecule has 0 bridgehead atoms. The van der Waals surface area contributed by atoms with Crippen LogP contribution in [0.1, 0.15) is 79.1 Å². The molecule has 1 saturated carbocycles. The first-order valence-corrected chi connectivity index (χ1v) is 7.13. The second-order valence-electron chi connectivity index (χ2n) is 6.04. The first-order chi connectivity index (χ1) is 7.13. The zero-order valence-corrected chi connectivity index (χ0v) is 11.3. The molecule has 0 nitrogen and oxygen atoms in total. The average molecular weight is 210 g/mol. The molecular formula is C15H30. The molecule has 1 aliphatic rings. The fourth-order valence-corrected chi connectivity index (χ4v) is 3.25. The number of unbranched alkanes of at least 4 members (excludes halogenated alkanes) is 1. The lowest BCUT2D eigenvalue weighted by Crippen LogP contribution is -2.28. The highest BCUT2D eigenvalue weighted by molar-refractivity contribution is 4.85. The molecule has 0 aromatic rings. The maximum atomic E-state index is 2.41. The number of hydrogen-bond donors (Lipinski definition) is 0. The van der Waals surface area contributed by atoms with Crippen molar-refractivity contribution in [1.29, 1.82) is 0 Å². The molecule has 0 saturated heterocycles. The lowest BCUT2D eigenvalue weighted by Gasteiger charge is -2.41. The molecule has 0 aromatic heterocycles. The lowest BCUT2D eigenvalue weighted by molar-refractivity contribution is 0.108. The highest BCUT2D eigenvalue weighted by Crippen LogP contribution is 2.46. The second kappa shape index (κ2) is 5.92. The average Bonchev–Trinajstić information content (AvgIpc) is 2.27. The number of rotatable bonds is 5. The molecule has 0 spiro atoms. The van der Waals surface area contributed by atoms with Gasteiger partial charge < -0.3 is 0 Å². The van der Waals surface area contributed by atoms with Crippen LogP contribution in [0.2, 0.25) is 0 Å². The molecule has 1 rings (SSSR count). The molecule has 1 fully saturated rings. The van der Waals surface area contributed by atoms with E-state index in [1.54, 1.807) is 0 Å². The summed E-state index contributed by atoms with van der Waals surface area (Å²) in [6.07, 6.45) is 11.7. The summed E-state index contributed by atoms with van der Waals surface area (Å²) in [5.41, 5.74) is 0.738. The summed E-state index contributed by atoms with van der Waals surface area (Å²) >= 11 is 0. The van der Waals surface area contributed by atoms with Gasteiger partial charge in [-0.3, -0.25) is 0 Å². The van der Waals surface area contributed by atoms with E-state index in [9.17, 15) is 0 Å². The van der Waals surface area contributed by atoms with Crippen molar-refractivity contribution in [1.82, 2.24) is 0 Å². The third kappa shape index (κ3) is 3.50. The van der Waals surface area contributed by atoms with E-state index in [0.717, 1.165) is 17.3 Å². The van der Waals surface area contributed by atoms with Gasteiger partial charge in [0.2, 0.25) is 0 Å². The summed E-state index contributed by atoms with van der Waals surface area (Å²) in [6, 6.07) is 0. The highest BCUT2D eigenvalue weighted by Gasteiger charge is 2.33. The van der Waals surface area contributed by atoms with Crippen LogP contribution < -0.4 is 0 Å². The van der Waals surface area contributed by atoms with Gasteiger partial charge in [-0.1, -0.05) is 47.0 Å². The van der Waals surface area contributed by atoms with Crippen LogP contribution in [0.3, 0.4) is 0 Å². The summed E-state index contributed by atoms with van der Waals surface area (Å²) < 4.78 is 0. The van der Waals surface area contributed by atoms with Crippen molar-refractivity contribution >= 4 is 0 Å². The Labute approximate surface area is 96.8 Å². The molecule has 0 radical (unpaired) electrons. The molecule has 0 amide bonds. The fraction of sp³-hybridized carbons (Fsp3) is 1.00. The third-order valence-corrected chi connectivity index (χ3v) is 4.84. The molecule has 0 aliphatic heterocycles. The van der Waals surface area contributed by atoms with E-state index < -0.39 is 0 Å². The van der Waals surface area contributed by atoms with Gasteiger partial charge in [-0.05, 0) is 49.4 Å². The van der Waals surface area contributed by atoms with Gasteiger partial charge in [0.15, 0.2) is 0 Å². The quantitative estimate of drug-likeness (QED) is 0.568. The van der Waals surface area contributed by atoms with Gasteiger partial charge >= 0.3 is 0 Å². The Morgan fingerprint density at radius 2 is 1.73 bits per heavy atom. The predicted octanol–water partition coefficient (Wildman–Crippen LogP) is 5.42. The molecule has 0 heterocycles. The van der Waals surface area contributed by atoms with Gasteiger partial charge in [0, 0.05) is 0 Å². The highest BCUT2D eigenvalue weighted by atomic mass is 14.4. The minimum atomic E-state index is 0.738. The van der Waals surface area contributed by atoms with Crippen LogP contribution in [0.25, 0.3) is 0 Å². The second-order valence-corrected chi connectivity index (χ2v) is 6.04. The van der Waals surface area contributed by atoms with Crippen molar-refractivity contribution in [3.8, 4) is 0 Å². The molecule has 0 atom stereocenters. The molecular weight excluding hydrogens is 180 g/mol. The van der Waals surface area contributed by atoms with Crippen molar-refractivity contribution in [2.24, 2.45) is 17.3 Å². The van der Waals surface area contributed by atoms with E-state index in [2.05, 4.69) is 27.7 Å². The molecule has 1 aliphatic carbocycles. The van der Waals surface area contributed by atoms with E-state index in [0.29, 0.717) is 0 Å². The first-order valence-electron chi connectivity index (χ1n) is 7.13. The van der Waals surface area contributed by atoms with Gasteiger partial charge in [0.25, 0.3) is 0 Å². The molecule has 0 N–H and O–H groups in total. The Hall–Kier alpha value is 0. The largest absolute Gasteiger partial charge is 0.0654 e. The van der Waals surface area contributed by atoms with Crippen LogP contribution in [-0.4, -0.2) is 0 Å². The predicted molar refractivity (Wildman–Crippen MR) is 69.0 cm³/mol. The minimum absolute atomic E-state index is 0.738. The molecule has 90 valence electrons. The van der Waals surface area contributed by atoms with E-state index >= 15 is 0 Å². The van der Waals surface area contributed by atoms with Crippen molar-refractivity contribution in [2.75, 3.05) is 0 Å². The maximum Gasteiger partial charge on any atom is -0.0300 e. The van der Waals surface area contributed by atoms with Crippen molar-refractivity contribution < 1.29 is 0 Å². The lowest BCUT2D eigenvalue weighted by atomic mass is 9.65. The van der Waals surface area contributed by atoms with Crippen LogP contribution in [0.15, 0.2) is 0 Å². The zero-order valence-electron chi connectivity index (χ0n) is 11.3. The van der Waals surface area contributed by atoms with Crippen molar-refractivity contribution in [2.45, 2.75) is 79.1 Å². The Morgan fingerprint density at radius 1 is 1.13 bits per heavy atom. The van der Waals surface area contributed by atoms with Crippen LogP contribution in [0.5, 0.6) is 0 Å². The monoisotopic (exact) mass is 210 g/mol.